The first-order valence-corrected chi connectivity index (χ1v) is 8.34. The van der Waals surface area contributed by atoms with E-state index in [1.165, 1.54) is 6.07 Å². The molecule has 6 nitrogen and oxygen atoms in total. The van der Waals surface area contributed by atoms with Crippen LogP contribution < -0.4 is 10.0 Å². The van der Waals surface area contributed by atoms with Gasteiger partial charge in [0, 0.05) is 0 Å². The van der Waals surface area contributed by atoms with Crippen LogP contribution in [-0.2, 0) is 23.1 Å². The van der Waals surface area contributed by atoms with Crippen LogP contribution in [0.2, 0.25) is 0 Å². The van der Waals surface area contributed by atoms with E-state index in [0.29, 0.717) is 18.1 Å². The van der Waals surface area contributed by atoms with Gasteiger partial charge in [0.05, 0.1) is 13.1 Å². The van der Waals surface area contributed by atoms with Gasteiger partial charge in [-0.3, -0.25) is 0 Å². The lowest BCUT2D eigenvalue weighted by atomic mass is 10.4. The number of hydrogen-bond acceptors (Lipinski definition) is 5. The van der Waals surface area contributed by atoms with Gasteiger partial charge in [0.25, 0.3) is 10.0 Å². The van der Waals surface area contributed by atoms with Crippen molar-refractivity contribution in [2.24, 2.45) is 0 Å². The molecule has 0 saturated carbocycles. The van der Waals surface area contributed by atoms with Gasteiger partial charge in [-0.05, 0) is 44.2 Å². The van der Waals surface area contributed by atoms with Crippen molar-refractivity contribution in [1.29, 1.82) is 0 Å². The molecule has 0 amide bonds. The summed E-state index contributed by atoms with van der Waals surface area (Å²) in [5.41, 5.74) is 0. The third-order valence-electron chi connectivity index (χ3n) is 2.86. The molecular formula is C14H20N2O4S. The molecule has 116 valence electrons. The zero-order valence-corrected chi connectivity index (χ0v) is 13.0. The van der Waals surface area contributed by atoms with Crippen molar-refractivity contribution in [3.8, 4) is 0 Å². The molecule has 0 bridgehead atoms. The summed E-state index contributed by atoms with van der Waals surface area (Å²) < 4.78 is 37.3. The number of furan rings is 2. The van der Waals surface area contributed by atoms with Gasteiger partial charge in [0.15, 0.2) is 0 Å². The first kappa shape index (κ1) is 15.8. The van der Waals surface area contributed by atoms with Crippen LogP contribution in [0.25, 0.3) is 0 Å². The first-order valence-electron chi connectivity index (χ1n) is 6.85. The maximum atomic E-state index is 12.1. The smallest absolute Gasteiger partial charge is 0.274 e. The molecule has 2 aromatic heterocycles. The molecular weight excluding hydrogens is 292 g/mol. The second-order valence-electron chi connectivity index (χ2n) is 4.73. The molecule has 0 spiro atoms. The molecule has 0 atom stereocenters. The fourth-order valence-corrected chi connectivity index (χ4v) is 2.74. The largest absolute Gasteiger partial charge is 0.465 e. The molecule has 2 rings (SSSR count). The van der Waals surface area contributed by atoms with Crippen molar-refractivity contribution in [3.63, 3.8) is 0 Å². The Morgan fingerprint density at radius 3 is 2.43 bits per heavy atom. The van der Waals surface area contributed by atoms with Gasteiger partial charge in [-0.25, -0.2) is 13.1 Å². The van der Waals surface area contributed by atoms with E-state index in [2.05, 4.69) is 17.0 Å². The van der Waals surface area contributed by atoms with Crippen molar-refractivity contribution in [1.82, 2.24) is 10.0 Å². The maximum absolute atomic E-state index is 12.1. The number of aryl methyl sites for hydroxylation is 1. The van der Waals surface area contributed by atoms with Gasteiger partial charge in [-0.1, -0.05) is 6.92 Å². The van der Waals surface area contributed by atoms with Crippen molar-refractivity contribution in [3.05, 3.63) is 41.5 Å². The third-order valence-corrected chi connectivity index (χ3v) is 4.13. The molecule has 2 aromatic rings. The van der Waals surface area contributed by atoms with Crippen LogP contribution in [0, 0.1) is 6.92 Å². The Morgan fingerprint density at radius 1 is 1.05 bits per heavy atom. The van der Waals surface area contributed by atoms with E-state index in [-0.39, 0.29) is 11.6 Å². The molecule has 0 fully saturated rings. The summed E-state index contributed by atoms with van der Waals surface area (Å²) in [6.45, 7) is 5.34. The Labute approximate surface area is 124 Å². The molecule has 0 aromatic carbocycles. The predicted molar refractivity (Wildman–Crippen MR) is 78.2 cm³/mol. The Morgan fingerprint density at radius 2 is 1.76 bits per heavy atom. The minimum Gasteiger partial charge on any atom is -0.465 e. The summed E-state index contributed by atoms with van der Waals surface area (Å²) in [7, 11) is -3.66. The third kappa shape index (κ3) is 4.45. The van der Waals surface area contributed by atoms with E-state index in [1.54, 1.807) is 25.1 Å². The quantitative estimate of drug-likeness (QED) is 0.730. The zero-order chi connectivity index (χ0) is 15.3. The lowest BCUT2D eigenvalue weighted by Crippen LogP contribution is -2.22. The van der Waals surface area contributed by atoms with Gasteiger partial charge in [-0.2, -0.15) is 0 Å². The van der Waals surface area contributed by atoms with Gasteiger partial charge < -0.3 is 14.2 Å². The Balaban J connectivity index is 1.95. The highest BCUT2D eigenvalue weighted by molar-refractivity contribution is 7.89. The number of sulfonamides is 1. The normalized spacial score (nSPS) is 11.9. The zero-order valence-electron chi connectivity index (χ0n) is 12.2. The second-order valence-corrected chi connectivity index (χ2v) is 6.43. The van der Waals surface area contributed by atoms with Crippen LogP contribution in [0.5, 0.6) is 0 Å². The Hall–Kier alpha value is -1.57. The average molecular weight is 312 g/mol. The van der Waals surface area contributed by atoms with Crippen LogP contribution in [0.4, 0.5) is 0 Å². The van der Waals surface area contributed by atoms with Gasteiger partial charge in [0.1, 0.15) is 17.3 Å². The minimum atomic E-state index is -3.66. The first-order chi connectivity index (χ1) is 10.0. The summed E-state index contributed by atoms with van der Waals surface area (Å²) in [5, 5.41) is 3.07. The van der Waals surface area contributed by atoms with Crippen LogP contribution in [0.3, 0.4) is 0 Å². The lowest BCUT2D eigenvalue weighted by molar-refractivity contribution is 0.398. The van der Waals surface area contributed by atoms with E-state index in [0.717, 1.165) is 18.7 Å². The van der Waals surface area contributed by atoms with Gasteiger partial charge >= 0.3 is 0 Å². The van der Waals surface area contributed by atoms with E-state index in [4.69, 9.17) is 8.83 Å². The molecule has 21 heavy (non-hydrogen) atoms. The van der Waals surface area contributed by atoms with E-state index in [1.807, 2.05) is 0 Å². The second kappa shape index (κ2) is 6.93. The lowest BCUT2D eigenvalue weighted by Gasteiger charge is -2.02. The van der Waals surface area contributed by atoms with Gasteiger partial charge in [-0.15, -0.1) is 0 Å². The number of nitrogens with one attached hydrogen (secondary N) is 2. The topological polar surface area (TPSA) is 84.5 Å². The fourth-order valence-electron chi connectivity index (χ4n) is 1.80. The number of hydrogen-bond donors (Lipinski definition) is 2. The summed E-state index contributed by atoms with van der Waals surface area (Å²) in [6, 6.07) is 6.64. The summed E-state index contributed by atoms with van der Waals surface area (Å²) >= 11 is 0. The highest BCUT2D eigenvalue weighted by atomic mass is 32.2. The van der Waals surface area contributed by atoms with Crippen molar-refractivity contribution >= 4 is 10.0 Å². The maximum Gasteiger partial charge on any atom is 0.274 e. The molecule has 0 radical (unpaired) electrons. The minimum absolute atomic E-state index is 0.0842. The van der Waals surface area contributed by atoms with Crippen LogP contribution in [0.1, 0.15) is 30.6 Å². The SMILES string of the molecule is CCCNCc1ccc(S(=O)(=O)NCc2ccc(C)o2)o1. The average Bonchev–Trinajstić information content (AvgIpc) is 3.06. The van der Waals surface area contributed by atoms with Crippen molar-refractivity contribution in [2.75, 3.05) is 6.54 Å². The van der Waals surface area contributed by atoms with E-state index in [9.17, 15) is 8.42 Å². The molecule has 0 aliphatic heterocycles. The molecule has 2 heterocycles. The standard InChI is InChI=1S/C14H20N2O4S/c1-3-8-15-9-12-6-7-14(20-12)21(17,18)16-10-13-5-4-11(2)19-13/h4-7,15-16H,3,8-10H2,1-2H3. The molecule has 0 aliphatic rings. The Kier molecular flexibility index (Phi) is 5.22. The summed E-state index contributed by atoms with van der Waals surface area (Å²) in [4.78, 5) is 0. The van der Waals surface area contributed by atoms with Crippen molar-refractivity contribution < 1.29 is 17.3 Å². The molecule has 0 unspecified atom stereocenters. The number of rotatable bonds is 8. The van der Waals surface area contributed by atoms with Crippen LogP contribution in [0.15, 0.2) is 38.2 Å². The summed E-state index contributed by atoms with van der Waals surface area (Å²) in [5.74, 6) is 1.90. The molecule has 2 N–H and O–H groups in total. The van der Waals surface area contributed by atoms with Gasteiger partial charge in [0.2, 0.25) is 5.09 Å². The fraction of sp³-hybridized carbons (Fsp3) is 0.429. The highest BCUT2D eigenvalue weighted by Gasteiger charge is 2.19. The summed E-state index contributed by atoms with van der Waals surface area (Å²) in [6.07, 6.45) is 1.01. The highest BCUT2D eigenvalue weighted by Crippen LogP contribution is 2.15. The Bertz CT molecular complexity index is 673. The van der Waals surface area contributed by atoms with E-state index < -0.39 is 10.0 Å². The molecule has 0 saturated heterocycles. The van der Waals surface area contributed by atoms with Crippen LogP contribution in [-0.4, -0.2) is 15.0 Å². The van der Waals surface area contributed by atoms with Crippen molar-refractivity contribution in [2.45, 2.75) is 38.5 Å². The van der Waals surface area contributed by atoms with E-state index >= 15 is 0 Å². The monoisotopic (exact) mass is 312 g/mol. The molecule has 0 aliphatic carbocycles. The predicted octanol–water partition coefficient (Wildman–Crippen LogP) is 2.16. The molecule has 7 heteroatoms. The van der Waals surface area contributed by atoms with Crippen LogP contribution >= 0.6 is 0 Å².